The van der Waals surface area contributed by atoms with Crippen molar-refractivity contribution in [2.24, 2.45) is 0 Å². The summed E-state index contributed by atoms with van der Waals surface area (Å²) in [5.41, 5.74) is 2.58. The van der Waals surface area contributed by atoms with E-state index in [0.717, 1.165) is 30.4 Å². The third-order valence-corrected chi connectivity index (χ3v) is 7.38. The Balaban J connectivity index is 1.68. The van der Waals surface area contributed by atoms with Gasteiger partial charge in [0.1, 0.15) is 10.6 Å². The number of aryl methyl sites for hydroxylation is 2. The maximum absolute atomic E-state index is 12.9. The van der Waals surface area contributed by atoms with Crippen molar-refractivity contribution < 1.29 is 17.9 Å². The van der Waals surface area contributed by atoms with Gasteiger partial charge in [0.15, 0.2) is 6.61 Å². The Kier molecular flexibility index (Phi) is 6.82. The smallest absolute Gasteiger partial charge is 0.262 e. The van der Waals surface area contributed by atoms with Gasteiger partial charge in [0.2, 0.25) is 10.0 Å². The summed E-state index contributed by atoms with van der Waals surface area (Å²) in [6, 6.07) is 10.1. The molecule has 0 radical (unpaired) electrons. The molecule has 0 saturated carbocycles. The van der Waals surface area contributed by atoms with E-state index >= 15 is 0 Å². The average molecular weight is 437 g/mol. The van der Waals surface area contributed by atoms with Crippen LogP contribution >= 0.6 is 11.6 Å². The minimum atomic E-state index is -3.70. The van der Waals surface area contributed by atoms with Crippen LogP contribution in [0.1, 0.15) is 30.4 Å². The van der Waals surface area contributed by atoms with Gasteiger partial charge in [-0.25, -0.2) is 8.42 Å². The molecule has 0 aliphatic carbocycles. The number of nitrogens with zero attached hydrogens (tertiary/aromatic N) is 1. The molecule has 1 aliphatic heterocycles. The Bertz CT molecular complexity index is 1000. The Morgan fingerprint density at radius 2 is 1.79 bits per heavy atom. The molecule has 1 amide bonds. The second-order valence-corrected chi connectivity index (χ2v) is 9.51. The van der Waals surface area contributed by atoms with Crippen LogP contribution in [0.15, 0.2) is 41.3 Å². The zero-order valence-electron chi connectivity index (χ0n) is 16.6. The number of amides is 1. The fourth-order valence-corrected chi connectivity index (χ4v) is 5.19. The van der Waals surface area contributed by atoms with Crippen molar-refractivity contribution in [2.45, 2.75) is 38.0 Å². The highest BCUT2D eigenvalue weighted by atomic mass is 35.5. The zero-order valence-corrected chi connectivity index (χ0v) is 18.1. The third kappa shape index (κ3) is 5.29. The summed E-state index contributed by atoms with van der Waals surface area (Å²) >= 11 is 6.16. The number of benzene rings is 2. The Hall–Kier alpha value is -2.09. The van der Waals surface area contributed by atoms with E-state index in [1.54, 1.807) is 12.1 Å². The number of piperidine rings is 1. The highest BCUT2D eigenvalue weighted by Gasteiger charge is 2.28. The maximum Gasteiger partial charge on any atom is 0.262 e. The molecule has 29 heavy (non-hydrogen) atoms. The molecular weight excluding hydrogens is 412 g/mol. The maximum atomic E-state index is 12.9. The summed E-state index contributed by atoms with van der Waals surface area (Å²) in [7, 11) is -3.70. The molecule has 1 saturated heterocycles. The molecule has 0 atom stereocenters. The van der Waals surface area contributed by atoms with Gasteiger partial charge in [-0.3, -0.25) is 4.79 Å². The molecule has 1 heterocycles. The predicted molar refractivity (Wildman–Crippen MR) is 114 cm³/mol. The van der Waals surface area contributed by atoms with Crippen molar-refractivity contribution in [1.29, 1.82) is 0 Å². The monoisotopic (exact) mass is 436 g/mol. The van der Waals surface area contributed by atoms with Crippen molar-refractivity contribution in [1.82, 2.24) is 4.31 Å². The Morgan fingerprint density at radius 3 is 2.48 bits per heavy atom. The van der Waals surface area contributed by atoms with Crippen molar-refractivity contribution in [3.8, 4) is 5.75 Å². The van der Waals surface area contributed by atoms with Gasteiger partial charge in [0.25, 0.3) is 5.91 Å². The number of nitrogens with one attached hydrogen (secondary N) is 1. The third-order valence-electron chi connectivity index (χ3n) is 5.00. The van der Waals surface area contributed by atoms with E-state index in [-0.39, 0.29) is 22.4 Å². The minimum Gasteiger partial charge on any atom is -0.484 e. The lowest BCUT2D eigenvalue weighted by molar-refractivity contribution is -0.118. The number of anilines is 1. The summed E-state index contributed by atoms with van der Waals surface area (Å²) < 4.78 is 32.8. The van der Waals surface area contributed by atoms with E-state index in [1.807, 2.05) is 26.0 Å². The second kappa shape index (κ2) is 9.15. The van der Waals surface area contributed by atoms with Crippen molar-refractivity contribution >= 4 is 33.2 Å². The molecule has 2 aromatic rings. The van der Waals surface area contributed by atoms with Gasteiger partial charge in [0, 0.05) is 18.8 Å². The molecule has 156 valence electrons. The zero-order chi connectivity index (χ0) is 21.0. The molecule has 1 aliphatic rings. The largest absolute Gasteiger partial charge is 0.484 e. The van der Waals surface area contributed by atoms with Crippen molar-refractivity contribution in [3.63, 3.8) is 0 Å². The number of ether oxygens (including phenoxy) is 1. The molecule has 0 aromatic heterocycles. The summed E-state index contributed by atoms with van der Waals surface area (Å²) in [5.74, 6) is 0.222. The summed E-state index contributed by atoms with van der Waals surface area (Å²) in [5, 5.41) is 2.81. The van der Waals surface area contributed by atoms with Gasteiger partial charge in [-0.05, 0) is 68.1 Å². The van der Waals surface area contributed by atoms with Crippen LogP contribution < -0.4 is 10.1 Å². The van der Waals surface area contributed by atoms with E-state index in [1.165, 1.54) is 16.4 Å². The number of hydrogen-bond donors (Lipinski definition) is 1. The van der Waals surface area contributed by atoms with E-state index in [9.17, 15) is 13.2 Å². The van der Waals surface area contributed by atoms with Gasteiger partial charge in [-0.2, -0.15) is 4.31 Å². The van der Waals surface area contributed by atoms with Crippen LogP contribution in [0.3, 0.4) is 0 Å². The first kappa shape index (κ1) is 21.6. The average Bonchev–Trinajstić information content (AvgIpc) is 2.71. The van der Waals surface area contributed by atoms with Gasteiger partial charge in [-0.1, -0.05) is 24.1 Å². The van der Waals surface area contributed by atoms with Gasteiger partial charge >= 0.3 is 0 Å². The van der Waals surface area contributed by atoms with Crippen LogP contribution in [0, 0.1) is 13.8 Å². The number of hydrogen-bond acceptors (Lipinski definition) is 4. The summed E-state index contributed by atoms with van der Waals surface area (Å²) in [6.45, 7) is 4.76. The van der Waals surface area contributed by atoms with Crippen LogP contribution in [0.2, 0.25) is 5.02 Å². The lowest BCUT2D eigenvalue weighted by atomic mass is 10.1. The fourth-order valence-electron chi connectivity index (χ4n) is 3.17. The number of rotatable bonds is 6. The molecule has 0 spiro atoms. The standard InChI is InChI=1S/C21H25ClN2O4S/c1-15-6-8-18(12-16(15)2)28-14-21(25)23-17-7-9-19(22)20(13-17)29(26,27)24-10-4-3-5-11-24/h6-9,12-13H,3-5,10-11,14H2,1-2H3,(H,23,25). The Labute approximate surface area is 176 Å². The fraction of sp³-hybridized carbons (Fsp3) is 0.381. The van der Waals surface area contributed by atoms with Gasteiger partial charge < -0.3 is 10.1 Å². The topological polar surface area (TPSA) is 75.7 Å². The highest BCUT2D eigenvalue weighted by Crippen LogP contribution is 2.29. The van der Waals surface area contributed by atoms with Crippen LogP contribution in [-0.4, -0.2) is 38.3 Å². The minimum absolute atomic E-state index is 0.00828. The molecule has 0 unspecified atom stereocenters. The van der Waals surface area contributed by atoms with Crippen LogP contribution in [0.25, 0.3) is 0 Å². The normalized spacial score (nSPS) is 15.1. The molecule has 1 fully saturated rings. The molecule has 2 aromatic carbocycles. The van der Waals surface area contributed by atoms with Crippen molar-refractivity contribution in [2.75, 3.05) is 25.0 Å². The van der Waals surface area contributed by atoms with Crippen LogP contribution in [0.4, 0.5) is 5.69 Å². The first-order chi connectivity index (χ1) is 13.8. The second-order valence-electron chi connectivity index (χ2n) is 7.19. The molecule has 6 nitrogen and oxygen atoms in total. The first-order valence-corrected chi connectivity index (χ1v) is 11.4. The van der Waals surface area contributed by atoms with Crippen LogP contribution in [0.5, 0.6) is 5.75 Å². The van der Waals surface area contributed by atoms with E-state index in [4.69, 9.17) is 16.3 Å². The SMILES string of the molecule is Cc1ccc(OCC(=O)Nc2ccc(Cl)c(S(=O)(=O)N3CCCCC3)c2)cc1C. The summed E-state index contributed by atoms with van der Waals surface area (Å²) in [4.78, 5) is 12.3. The van der Waals surface area contributed by atoms with E-state index < -0.39 is 10.0 Å². The lowest BCUT2D eigenvalue weighted by Crippen LogP contribution is -2.35. The first-order valence-electron chi connectivity index (χ1n) is 9.57. The van der Waals surface area contributed by atoms with Crippen molar-refractivity contribution in [3.05, 3.63) is 52.5 Å². The number of halogens is 1. The van der Waals surface area contributed by atoms with E-state index in [0.29, 0.717) is 24.5 Å². The number of carbonyl (C=O) groups excluding carboxylic acids is 1. The lowest BCUT2D eigenvalue weighted by Gasteiger charge is -2.26. The van der Waals surface area contributed by atoms with Crippen LogP contribution in [-0.2, 0) is 14.8 Å². The molecule has 0 bridgehead atoms. The highest BCUT2D eigenvalue weighted by molar-refractivity contribution is 7.89. The van der Waals surface area contributed by atoms with E-state index in [2.05, 4.69) is 5.32 Å². The molecule has 3 rings (SSSR count). The molecule has 1 N–H and O–H groups in total. The predicted octanol–water partition coefficient (Wildman–Crippen LogP) is 4.15. The number of carbonyl (C=O) groups is 1. The molecule has 8 heteroatoms. The summed E-state index contributed by atoms with van der Waals surface area (Å²) in [6.07, 6.45) is 2.70. The molecular formula is C21H25ClN2O4S. The Morgan fingerprint density at radius 1 is 1.07 bits per heavy atom. The van der Waals surface area contributed by atoms with Gasteiger partial charge in [0.05, 0.1) is 5.02 Å². The van der Waals surface area contributed by atoms with Gasteiger partial charge in [-0.15, -0.1) is 0 Å². The number of sulfonamides is 1. The quantitative estimate of drug-likeness (QED) is 0.738.